The number of anilines is 2. The number of pyridine rings is 1. The van der Waals surface area contributed by atoms with Crippen molar-refractivity contribution in [2.24, 2.45) is 0 Å². The van der Waals surface area contributed by atoms with E-state index in [0.29, 0.717) is 27.1 Å². The largest absolute Gasteiger partial charge is 0.457 e. The van der Waals surface area contributed by atoms with Crippen LogP contribution in [0.5, 0.6) is 11.5 Å². The van der Waals surface area contributed by atoms with Gasteiger partial charge in [-0.2, -0.15) is 4.90 Å². The van der Waals surface area contributed by atoms with E-state index in [0.717, 1.165) is 0 Å². The predicted octanol–water partition coefficient (Wildman–Crippen LogP) is 4.23. The van der Waals surface area contributed by atoms with E-state index < -0.39 is 12.2 Å². The molecule has 2 amide bonds. The van der Waals surface area contributed by atoms with E-state index in [1.54, 1.807) is 38.1 Å². The maximum absolute atomic E-state index is 12.1. The molecule has 9 heteroatoms. The van der Waals surface area contributed by atoms with Crippen LogP contribution in [0.3, 0.4) is 0 Å². The third-order valence-electron chi connectivity index (χ3n) is 3.05. The SMILES string of the molecule is CCOC(=O)N(C(=O)OCC)c1cc(Oc2ccc(N)c(Cl)c2)ccn1. The lowest BCUT2D eigenvalue weighted by atomic mass is 10.3. The van der Waals surface area contributed by atoms with Crippen LogP contribution in [0, 0.1) is 0 Å². The number of nitrogen functional groups attached to an aromatic ring is 1. The second-order valence-electron chi connectivity index (χ2n) is 4.87. The molecule has 0 atom stereocenters. The summed E-state index contributed by atoms with van der Waals surface area (Å²) in [6.45, 7) is 3.43. The second-order valence-corrected chi connectivity index (χ2v) is 5.28. The van der Waals surface area contributed by atoms with E-state index in [2.05, 4.69) is 4.98 Å². The molecule has 1 heterocycles. The highest BCUT2D eigenvalue weighted by atomic mass is 35.5. The first-order valence-electron chi connectivity index (χ1n) is 7.78. The maximum Gasteiger partial charge on any atom is 0.425 e. The molecule has 2 rings (SSSR count). The summed E-state index contributed by atoms with van der Waals surface area (Å²) in [5.41, 5.74) is 6.08. The Morgan fingerprint density at radius 1 is 1.08 bits per heavy atom. The number of amides is 2. The van der Waals surface area contributed by atoms with Crippen molar-refractivity contribution in [2.45, 2.75) is 13.8 Å². The van der Waals surface area contributed by atoms with Crippen LogP contribution in [0.25, 0.3) is 0 Å². The zero-order valence-corrected chi connectivity index (χ0v) is 15.0. The zero-order chi connectivity index (χ0) is 19.1. The van der Waals surface area contributed by atoms with Crippen LogP contribution >= 0.6 is 11.6 Å². The van der Waals surface area contributed by atoms with Crippen LogP contribution in [0.4, 0.5) is 21.1 Å². The number of ether oxygens (including phenoxy) is 3. The predicted molar refractivity (Wildman–Crippen MR) is 96.7 cm³/mol. The molecule has 0 bridgehead atoms. The van der Waals surface area contributed by atoms with Gasteiger partial charge in [-0.05, 0) is 32.0 Å². The quantitative estimate of drug-likeness (QED) is 0.775. The summed E-state index contributed by atoms with van der Waals surface area (Å²) in [6.07, 6.45) is -0.410. The van der Waals surface area contributed by atoms with Crippen molar-refractivity contribution in [1.82, 2.24) is 4.98 Å². The lowest BCUT2D eigenvalue weighted by Crippen LogP contribution is -2.38. The van der Waals surface area contributed by atoms with Crippen molar-refractivity contribution >= 4 is 35.3 Å². The Morgan fingerprint density at radius 2 is 1.69 bits per heavy atom. The molecule has 138 valence electrons. The smallest absolute Gasteiger partial charge is 0.425 e. The zero-order valence-electron chi connectivity index (χ0n) is 14.3. The summed E-state index contributed by atoms with van der Waals surface area (Å²) in [7, 11) is 0. The van der Waals surface area contributed by atoms with Crippen molar-refractivity contribution in [3.05, 3.63) is 41.6 Å². The minimum absolute atomic E-state index is 0.000872. The highest BCUT2D eigenvalue weighted by Gasteiger charge is 2.27. The molecular formula is C17H18ClN3O5. The molecule has 1 aromatic heterocycles. The number of benzene rings is 1. The Bertz CT molecular complexity index is 782. The highest BCUT2D eigenvalue weighted by Crippen LogP contribution is 2.29. The highest BCUT2D eigenvalue weighted by molar-refractivity contribution is 6.33. The monoisotopic (exact) mass is 379 g/mol. The average Bonchev–Trinajstić information content (AvgIpc) is 2.59. The molecule has 0 saturated heterocycles. The van der Waals surface area contributed by atoms with Crippen molar-refractivity contribution in [2.75, 3.05) is 23.8 Å². The fourth-order valence-corrected chi connectivity index (χ4v) is 2.10. The molecule has 0 fully saturated rings. The van der Waals surface area contributed by atoms with Crippen LogP contribution in [0.15, 0.2) is 36.5 Å². The molecule has 2 aromatic rings. The molecule has 0 saturated carbocycles. The van der Waals surface area contributed by atoms with Crippen molar-refractivity contribution in [3.8, 4) is 11.5 Å². The number of nitrogens with zero attached hydrogens (tertiary/aromatic N) is 2. The Hall–Kier alpha value is -3.00. The molecule has 0 aliphatic heterocycles. The van der Waals surface area contributed by atoms with Crippen molar-refractivity contribution in [1.29, 1.82) is 0 Å². The van der Waals surface area contributed by atoms with Crippen LogP contribution in [-0.2, 0) is 9.47 Å². The van der Waals surface area contributed by atoms with Gasteiger partial charge >= 0.3 is 12.2 Å². The Kier molecular flexibility index (Phi) is 6.62. The van der Waals surface area contributed by atoms with E-state index in [1.807, 2.05) is 0 Å². The summed E-state index contributed by atoms with van der Waals surface area (Å²) in [4.78, 5) is 28.9. The van der Waals surface area contributed by atoms with Crippen molar-refractivity contribution in [3.63, 3.8) is 0 Å². The Balaban J connectivity index is 2.30. The van der Waals surface area contributed by atoms with E-state index >= 15 is 0 Å². The van der Waals surface area contributed by atoms with Gasteiger partial charge in [0.25, 0.3) is 0 Å². The summed E-state index contributed by atoms with van der Waals surface area (Å²) in [5, 5.41) is 0.344. The number of nitrogens with two attached hydrogens (primary N) is 1. The molecule has 2 N–H and O–H groups in total. The van der Waals surface area contributed by atoms with Gasteiger partial charge in [-0.15, -0.1) is 0 Å². The number of imide groups is 1. The molecule has 0 aliphatic carbocycles. The molecule has 0 aliphatic rings. The number of rotatable bonds is 5. The van der Waals surface area contributed by atoms with E-state index in [9.17, 15) is 9.59 Å². The van der Waals surface area contributed by atoms with Gasteiger partial charge < -0.3 is 19.9 Å². The molecule has 0 spiro atoms. The summed E-state index contributed by atoms with van der Waals surface area (Å²) >= 11 is 5.97. The third kappa shape index (κ3) is 4.76. The lowest BCUT2D eigenvalue weighted by molar-refractivity contribution is 0.140. The summed E-state index contributed by atoms with van der Waals surface area (Å²) < 4.78 is 15.4. The fraction of sp³-hybridized carbons (Fsp3) is 0.235. The van der Waals surface area contributed by atoms with Crippen LogP contribution in [-0.4, -0.2) is 30.4 Å². The first-order chi connectivity index (χ1) is 12.5. The van der Waals surface area contributed by atoms with Gasteiger partial charge in [0.2, 0.25) is 0 Å². The van der Waals surface area contributed by atoms with Crippen LogP contribution in [0.1, 0.15) is 13.8 Å². The minimum Gasteiger partial charge on any atom is -0.457 e. The number of hydrogen-bond donors (Lipinski definition) is 1. The first-order valence-corrected chi connectivity index (χ1v) is 8.16. The molecule has 0 radical (unpaired) electrons. The first kappa shape index (κ1) is 19.3. The Labute approximate surface area is 155 Å². The molecule has 26 heavy (non-hydrogen) atoms. The van der Waals surface area contributed by atoms with Gasteiger partial charge in [-0.1, -0.05) is 11.6 Å². The number of carbonyl (C=O) groups excluding carboxylic acids is 2. The standard InChI is InChI=1S/C17H18ClN3O5/c1-3-24-16(22)21(17(23)25-4-2)15-10-12(7-8-20-15)26-11-5-6-14(19)13(18)9-11/h5-10H,3-4,19H2,1-2H3. The van der Waals surface area contributed by atoms with E-state index in [-0.39, 0.29) is 19.0 Å². The molecule has 1 aromatic carbocycles. The average molecular weight is 380 g/mol. The number of halogens is 1. The van der Waals surface area contributed by atoms with Gasteiger partial charge in [-0.25, -0.2) is 14.6 Å². The minimum atomic E-state index is -0.897. The second kappa shape index (κ2) is 8.91. The summed E-state index contributed by atoms with van der Waals surface area (Å²) in [5.74, 6) is 0.760. The topological polar surface area (TPSA) is 104 Å². The lowest BCUT2D eigenvalue weighted by Gasteiger charge is -2.18. The van der Waals surface area contributed by atoms with Gasteiger partial charge in [0.05, 0.1) is 23.9 Å². The van der Waals surface area contributed by atoms with Gasteiger partial charge in [-0.3, -0.25) is 0 Å². The number of hydrogen-bond acceptors (Lipinski definition) is 7. The van der Waals surface area contributed by atoms with Crippen molar-refractivity contribution < 1.29 is 23.8 Å². The number of aromatic nitrogens is 1. The Morgan fingerprint density at radius 3 is 2.27 bits per heavy atom. The molecule has 0 unspecified atom stereocenters. The fourth-order valence-electron chi connectivity index (χ4n) is 1.93. The van der Waals surface area contributed by atoms with E-state index in [4.69, 9.17) is 31.5 Å². The van der Waals surface area contributed by atoms with Gasteiger partial charge in [0, 0.05) is 18.3 Å². The number of carbonyl (C=O) groups is 2. The van der Waals surface area contributed by atoms with Gasteiger partial charge in [0.15, 0.2) is 5.82 Å². The van der Waals surface area contributed by atoms with Crippen LogP contribution in [0.2, 0.25) is 5.02 Å². The van der Waals surface area contributed by atoms with Gasteiger partial charge in [0.1, 0.15) is 11.5 Å². The molecular weight excluding hydrogens is 362 g/mol. The third-order valence-corrected chi connectivity index (χ3v) is 3.38. The molecule has 8 nitrogen and oxygen atoms in total. The summed E-state index contributed by atoms with van der Waals surface area (Å²) in [6, 6.07) is 7.74. The van der Waals surface area contributed by atoms with Crippen LogP contribution < -0.4 is 15.4 Å². The van der Waals surface area contributed by atoms with E-state index in [1.165, 1.54) is 12.3 Å². The maximum atomic E-state index is 12.1. The normalized spacial score (nSPS) is 10.1.